The number of aromatic nitrogens is 2. The van der Waals surface area contributed by atoms with Crippen molar-refractivity contribution in [2.24, 2.45) is 0 Å². The highest BCUT2D eigenvalue weighted by Gasteiger charge is 2.46. The molecular weight excluding hydrogens is 533 g/mol. The van der Waals surface area contributed by atoms with E-state index in [2.05, 4.69) is 97.0 Å². The third kappa shape index (κ3) is 6.36. The highest BCUT2D eigenvalue weighted by Crippen LogP contribution is 2.42. The van der Waals surface area contributed by atoms with Crippen molar-refractivity contribution in [3.05, 3.63) is 64.7 Å². The van der Waals surface area contributed by atoms with Gasteiger partial charge in [0.15, 0.2) is 16.6 Å². The van der Waals surface area contributed by atoms with Gasteiger partial charge in [0.05, 0.1) is 18.4 Å². The quantitative estimate of drug-likeness (QED) is 0.264. The number of benzene rings is 2. The molecule has 8 heteroatoms. The normalized spacial score (nSPS) is 20.8. The summed E-state index contributed by atoms with van der Waals surface area (Å²) in [5, 5.41) is 2.44. The van der Waals surface area contributed by atoms with E-state index in [0.717, 1.165) is 21.9 Å². The molecule has 2 aromatic carbocycles. The van der Waals surface area contributed by atoms with E-state index < -0.39 is 22.9 Å². The third-order valence-corrected chi connectivity index (χ3v) is 18.3. The van der Waals surface area contributed by atoms with Crippen molar-refractivity contribution < 1.29 is 13.6 Å². The Balaban J connectivity index is 1.63. The minimum Gasteiger partial charge on any atom is -0.414 e. The highest BCUT2D eigenvalue weighted by atomic mass is 28.4. The Morgan fingerprint density at radius 2 is 1.57 bits per heavy atom. The van der Waals surface area contributed by atoms with Crippen molar-refractivity contribution in [3.8, 4) is 11.3 Å². The summed E-state index contributed by atoms with van der Waals surface area (Å²) in [5.41, 5.74) is 2.27. The molecule has 1 saturated heterocycles. The first-order valence-corrected chi connectivity index (χ1v) is 20.3. The molecule has 3 atom stereocenters. The van der Waals surface area contributed by atoms with Crippen molar-refractivity contribution in [2.75, 3.05) is 6.61 Å². The largest absolute Gasteiger partial charge is 0.414 e. The summed E-state index contributed by atoms with van der Waals surface area (Å²) in [6.45, 7) is 25.0. The van der Waals surface area contributed by atoms with E-state index in [0.29, 0.717) is 18.7 Å². The summed E-state index contributed by atoms with van der Waals surface area (Å²) < 4.78 is 21.7. The molecule has 218 valence electrons. The first-order valence-electron chi connectivity index (χ1n) is 14.5. The van der Waals surface area contributed by atoms with Crippen molar-refractivity contribution in [2.45, 2.75) is 110 Å². The summed E-state index contributed by atoms with van der Waals surface area (Å²) in [5.74, 6) is 0. The standard InChI is InChI=1S/C32H48N2O4Si2/c1-22-20-34(30(35)33-29(22)25-17-16-23-14-12-13-15-24(23)18-25)28-19-26(38-40(10,11)32(5,6)7)27(37-28)21-36-39(8,9)31(2,3)4/h12-18,20,26-28H,19,21H2,1-11H3/t26-,27+,28+/m0/s1. The molecule has 0 bridgehead atoms. The predicted octanol–water partition coefficient (Wildman–Crippen LogP) is 8.07. The van der Waals surface area contributed by atoms with E-state index in [-0.39, 0.29) is 28.0 Å². The van der Waals surface area contributed by atoms with Gasteiger partial charge in [-0.2, -0.15) is 4.98 Å². The molecule has 1 fully saturated rings. The summed E-state index contributed by atoms with van der Waals surface area (Å²) in [6, 6.07) is 14.4. The van der Waals surface area contributed by atoms with Crippen LogP contribution >= 0.6 is 0 Å². The van der Waals surface area contributed by atoms with Crippen LogP contribution in [0.25, 0.3) is 22.0 Å². The van der Waals surface area contributed by atoms with E-state index in [4.69, 9.17) is 13.6 Å². The Kier molecular flexibility index (Phi) is 8.44. The lowest BCUT2D eigenvalue weighted by molar-refractivity contribution is -0.0412. The van der Waals surface area contributed by atoms with Crippen LogP contribution in [-0.4, -0.2) is 45.0 Å². The number of rotatable bonds is 7. The molecule has 1 aliphatic rings. The number of fused-ring (bicyclic) bond motifs is 1. The molecule has 3 aromatic rings. The van der Waals surface area contributed by atoms with Gasteiger partial charge in [0.2, 0.25) is 0 Å². The van der Waals surface area contributed by atoms with Crippen molar-refractivity contribution >= 4 is 27.4 Å². The monoisotopic (exact) mass is 580 g/mol. The van der Waals surface area contributed by atoms with Gasteiger partial charge in [-0.15, -0.1) is 0 Å². The van der Waals surface area contributed by atoms with Gasteiger partial charge >= 0.3 is 5.69 Å². The average Bonchev–Trinajstić information content (AvgIpc) is 3.24. The van der Waals surface area contributed by atoms with Gasteiger partial charge in [-0.1, -0.05) is 77.9 Å². The smallest absolute Gasteiger partial charge is 0.350 e. The van der Waals surface area contributed by atoms with Crippen LogP contribution in [0, 0.1) is 6.92 Å². The number of hydrogen-bond donors (Lipinski definition) is 0. The lowest BCUT2D eigenvalue weighted by atomic mass is 10.0. The van der Waals surface area contributed by atoms with Crippen molar-refractivity contribution in [3.63, 3.8) is 0 Å². The summed E-state index contributed by atoms with van der Waals surface area (Å²) in [7, 11) is -4.07. The molecule has 4 rings (SSSR count). The Morgan fingerprint density at radius 1 is 0.950 bits per heavy atom. The van der Waals surface area contributed by atoms with Gasteiger partial charge in [-0.05, 0) is 65.6 Å². The zero-order chi connectivity index (χ0) is 29.7. The average molecular weight is 581 g/mol. The van der Waals surface area contributed by atoms with Crippen LogP contribution in [0.4, 0.5) is 0 Å². The molecule has 1 aliphatic heterocycles. The molecule has 0 amide bonds. The summed E-state index contributed by atoms with van der Waals surface area (Å²) in [6.07, 6.45) is 1.63. The molecule has 0 saturated carbocycles. The third-order valence-electron chi connectivity index (χ3n) is 9.32. The van der Waals surface area contributed by atoms with Crippen LogP contribution in [0.3, 0.4) is 0 Å². The second kappa shape index (κ2) is 10.9. The number of nitrogens with zero attached hydrogens (tertiary/aromatic N) is 2. The molecular formula is C32H48N2O4Si2. The molecule has 40 heavy (non-hydrogen) atoms. The molecule has 6 nitrogen and oxygen atoms in total. The minimum absolute atomic E-state index is 0.0619. The maximum Gasteiger partial charge on any atom is 0.350 e. The van der Waals surface area contributed by atoms with Gasteiger partial charge in [0, 0.05) is 18.2 Å². The predicted molar refractivity (Wildman–Crippen MR) is 170 cm³/mol. The van der Waals surface area contributed by atoms with Crippen LogP contribution < -0.4 is 5.69 Å². The van der Waals surface area contributed by atoms with E-state index in [9.17, 15) is 4.79 Å². The van der Waals surface area contributed by atoms with Crippen molar-refractivity contribution in [1.29, 1.82) is 0 Å². The maximum atomic E-state index is 13.4. The topological polar surface area (TPSA) is 62.6 Å². The van der Waals surface area contributed by atoms with Gasteiger partial charge in [-0.25, -0.2) is 4.79 Å². The zero-order valence-corrected chi connectivity index (χ0v) is 28.3. The van der Waals surface area contributed by atoms with Crippen LogP contribution in [0.2, 0.25) is 36.3 Å². The van der Waals surface area contributed by atoms with Crippen LogP contribution in [-0.2, 0) is 13.6 Å². The molecule has 0 N–H and O–H groups in total. The Morgan fingerprint density at radius 3 is 2.20 bits per heavy atom. The van der Waals surface area contributed by atoms with Crippen LogP contribution in [0.1, 0.15) is 59.8 Å². The van der Waals surface area contributed by atoms with E-state index >= 15 is 0 Å². The molecule has 0 unspecified atom stereocenters. The molecule has 0 spiro atoms. The van der Waals surface area contributed by atoms with Crippen LogP contribution in [0.15, 0.2) is 53.5 Å². The molecule has 2 heterocycles. The Hall–Kier alpha value is -2.11. The van der Waals surface area contributed by atoms with Gasteiger partial charge in [-0.3, -0.25) is 4.57 Å². The first-order chi connectivity index (χ1) is 18.4. The lowest BCUT2D eigenvalue weighted by Crippen LogP contribution is -2.48. The molecule has 1 aromatic heterocycles. The fraction of sp³-hybridized carbons (Fsp3) is 0.562. The Bertz CT molecular complexity index is 1420. The second-order valence-electron chi connectivity index (χ2n) is 14.4. The number of hydrogen-bond acceptors (Lipinski definition) is 5. The van der Waals surface area contributed by atoms with Gasteiger partial charge in [0.1, 0.15) is 12.3 Å². The fourth-order valence-corrected chi connectivity index (χ4v) is 6.98. The van der Waals surface area contributed by atoms with Gasteiger partial charge < -0.3 is 13.6 Å². The van der Waals surface area contributed by atoms with Crippen LogP contribution in [0.5, 0.6) is 0 Å². The molecule has 0 radical (unpaired) electrons. The highest BCUT2D eigenvalue weighted by molar-refractivity contribution is 6.74. The second-order valence-corrected chi connectivity index (χ2v) is 23.9. The Labute approximate surface area is 242 Å². The van der Waals surface area contributed by atoms with E-state index in [1.54, 1.807) is 4.57 Å². The van der Waals surface area contributed by atoms with Gasteiger partial charge in [0.25, 0.3) is 0 Å². The summed E-state index contributed by atoms with van der Waals surface area (Å²) >= 11 is 0. The number of aryl methyl sites for hydroxylation is 1. The SMILES string of the molecule is Cc1cn([C@H]2C[C@H](O[Si](C)(C)C(C)(C)C)[C@@H](CO[Si](C)(C)C(C)(C)C)O2)c(=O)nc1-c1ccc2ccccc2c1. The lowest BCUT2D eigenvalue weighted by Gasteiger charge is -2.40. The fourth-order valence-electron chi connectivity index (χ4n) is 4.61. The maximum absolute atomic E-state index is 13.4. The van der Waals surface area contributed by atoms with E-state index in [1.807, 2.05) is 31.3 Å². The molecule has 0 aliphatic carbocycles. The number of ether oxygens (including phenoxy) is 1. The van der Waals surface area contributed by atoms with E-state index in [1.165, 1.54) is 0 Å². The minimum atomic E-state index is -2.08. The summed E-state index contributed by atoms with van der Waals surface area (Å²) in [4.78, 5) is 18.0. The first kappa shape index (κ1) is 30.8. The van der Waals surface area contributed by atoms with Crippen molar-refractivity contribution in [1.82, 2.24) is 9.55 Å². The zero-order valence-electron chi connectivity index (χ0n) is 26.3.